The zero-order chi connectivity index (χ0) is 23.2. The van der Waals surface area contributed by atoms with Crippen LogP contribution in [0.4, 0.5) is 0 Å². The number of para-hydroxylation sites is 1. The van der Waals surface area contributed by atoms with Crippen molar-refractivity contribution in [3.05, 3.63) is 88.9 Å². The van der Waals surface area contributed by atoms with Crippen molar-refractivity contribution in [2.24, 2.45) is 5.10 Å². The van der Waals surface area contributed by atoms with Gasteiger partial charge in [-0.25, -0.2) is 5.43 Å². The third-order valence-electron chi connectivity index (χ3n) is 5.56. The Morgan fingerprint density at radius 2 is 1.76 bits per heavy atom. The molecule has 33 heavy (non-hydrogen) atoms. The van der Waals surface area contributed by atoms with Crippen molar-refractivity contribution in [3.63, 3.8) is 0 Å². The summed E-state index contributed by atoms with van der Waals surface area (Å²) in [6.45, 7) is 2.22. The normalized spacial score (nSPS) is 13.9. The van der Waals surface area contributed by atoms with Crippen LogP contribution in [-0.4, -0.2) is 36.1 Å². The first-order valence-corrected chi connectivity index (χ1v) is 11.0. The molecule has 2 aromatic carbocycles. The smallest absolute Gasteiger partial charge is 0.289 e. The number of furan rings is 1. The lowest BCUT2D eigenvalue weighted by atomic mass is 9.93. The van der Waals surface area contributed by atoms with Crippen LogP contribution in [0.5, 0.6) is 5.75 Å². The molecular weight excluding hydrogens is 418 g/mol. The van der Waals surface area contributed by atoms with Gasteiger partial charge in [0.25, 0.3) is 11.8 Å². The topological polar surface area (TPSA) is 84.1 Å². The summed E-state index contributed by atoms with van der Waals surface area (Å²) in [5, 5.41) is 4.34. The Morgan fingerprint density at radius 1 is 1.06 bits per heavy atom. The lowest BCUT2D eigenvalue weighted by Gasteiger charge is -2.16. The predicted molar refractivity (Wildman–Crippen MR) is 125 cm³/mol. The number of nitrogens with one attached hydrogen (secondary N) is 1. The zero-order valence-corrected chi connectivity index (χ0v) is 18.8. The van der Waals surface area contributed by atoms with Crippen LogP contribution in [0.2, 0.25) is 0 Å². The maximum Gasteiger partial charge on any atom is 0.289 e. The van der Waals surface area contributed by atoms with E-state index in [1.54, 1.807) is 24.1 Å². The Morgan fingerprint density at radius 3 is 2.48 bits per heavy atom. The summed E-state index contributed by atoms with van der Waals surface area (Å²) in [6, 6.07) is 19.0. The molecule has 0 fully saturated rings. The van der Waals surface area contributed by atoms with E-state index in [2.05, 4.69) is 10.5 Å². The van der Waals surface area contributed by atoms with Gasteiger partial charge < -0.3 is 14.1 Å². The van der Waals surface area contributed by atoms with Crippen LogP contribution < -0.4 is 10.2 Å². The standard InChI is InChI=1S/C26H27N3O4/c1-18-24-21(27-28-23(30)17-32-20-12-7-4-8-13-20)14-9-15-22(24)33-25(18)26(31)29(2)16-19-10-5-3-6-11-19/h3-8,10-13H,9,14-17H2,1-2H3,(H,28,30)/b27-21+. The summed E-state index contributed by atoms with van der Waals surface area (Å²) < 4.78 is 11.5. The van der Waals surface area contributed by atoms with E-state index in [1.165, 1.54) is 0 Å². The number of nitrogens with zero attached hydrogens (tertiary/aromatic N) is 2. The molecule has 1 heterocycles. The fourth-order valence-corrected chi connectivity index (χ4v) is 3.91. The molecule has 0 unspecified atom stereocenters. The lowest BCUT2D eigenvalue weighted by Crippen LogP contribution is -2.27. The highest BCUT2D eigenvalue weighted by Gasteiger charge is 2.29. The van der Waals surface area contributed by atoms with Crippen molar-refractivity contribution >= 4 is 17.5 Å². The van der Waals surface area contributed by atoms with Crippen molar-refractivity contribution in [3.8, 4) is 5.75 Å². The maximum atomic E-state index is 13.1. The molecular formula is C26H27N3O4. The number of hydrogen-bond acceptors (Lipinski definition) is 5. The fourth-order valence-electron chi connectivity index (χ4n) is 3.91. The molecule has 0 bridgehead atoms. The second-order valence-electron chi connectivity index (χ2n) is 8.05. The molecule has 0 radical (unpaired) electrons. The molecule has 170 valence electrons. The molecule has 0 saturated carbocycles. The molecule has 1 aromatic heterocycles. The highest BCUT2D eigenvalue weighted by molar-refractivity contribution is 6.06. The third kappa shape index (κ3) is 5.31. The van der Waals surface area contributed by atoms with Crippen LogP contribution in [0, 0.1) is 6.92 Å². The van der Waals surface area contributed by atoms with E-state index in [1.807, 2.05) is 55.5 Å². The highest BCUT2D eigenvalue weighted by atomic mass is 16.5. The van der Waals surface area contributed by atoms with E-state index in [-0.39, 0.29) is 18.4 Å². The van der Waals surface area contributed by atoms with Gasteiger partial charge in [-0.3, -0.25) is 9.59 Å². The van der Waals surface area contributed by atoms with E-state index in [0.29, 0.717) is 24.5 Å². The number of ether oxygens (including phenoxy) is 1. The highest BCUT2D eigenvalue weighted by Crippen LogP contribution is 2.30. The zero-order valence-electron chi connectivity index (χ0n) is 18.8. The Bertz CT molecular complexity index is 1150. The third-order valence-corrected chi connectivity index (χ3v) is 5.56. The number of rotatable bonds is 7. The van der Waals surface area contributed by atoms with Crippen LogP contribution in [0.25, 0.3) is 0 Å². The molecule has 1 aliphatic rings. The monoisotopic (exact) mass is 445 g/mol. The molecule has 0 saturated heterocycles. The van der Waals surface area contributed by atoms with Gasteiger partial charge in [0.05, 0.1) is 5.71 Å². The number of amides is 2. The van der Waals surface area contributed by atoms with Crippen LogP contribution in [-0.2, 0) is 17.8 Å². The molecule has 1 N–H and O–H groups in total. The Hall–Kier alpha value is -3.87. The Kier molecular flexibility index (Phi) is 6.88. The van der Waals surface area contributed by atoms with E-state index in [0.717, 1.165) is 41.0 Å². The molecule has 0 atom stereocenters. The number of hydrogen-bond donors (Lipinski definition) is 1. The molecule has 7 nitrogen and oxygen atoms in total. The first-order chi connectivity index (χ1) is 16.0. The van der Waals surface area contributed by atoms with Crippen molar-refractivity contribution in [1.82, 2.24) is 10.3 Å². The summed E-state index contributed by atoms with van der Waals surface area (Å²) in [7, 11) is 1.76. The predicted octanol–water partition coefficient (Wildman–Crippen LogP) is 4.10. The van der Waals surface area contributed by atoms with Gasteiger partial charge in [-0.15, -0.1) is 0 Å². The van der Waals surface area contributed by atoms with Gasteiger partial charge in [0.1, 0.15) is 11.5 Å². The van der Waals surface area contributed by atoms with Gasteiger partial charge >= 0.3 is 0 Å². The lowest BCUT2D eigenvalue weighted by molar-refractivity contribution is -0.123. The molecule has 0 aliphatic heterocycles. The van der Waals surface area contributed by atoms with Gasteiger partial charge in [0.2, 0.25) is 0 Å². The van der Waals surface area contributed by atoms with E-state index < -0.39 is 0 Å². The molecule has 7 heteroatoms. The van der Waals surface area contributed by atoms with Crippen LogP contribution in [0.1, 0.15) is 45.8 Å². The van der Waals surface area contributed by atoms with Crippen LogP contribution in [0.15, 0.2) is 70.2 Å². The van der Waals surface area contributed by atoms with E-state index >= 15 is 0 Å². The second kappa shape index (κ2) is 10.2. The number of hydrazone groups is 1. The number of carbonyl (C=O) groups is 2. The summed E-state index contributed by atoms with van der Waals surface area (Å²) in [5.41, 5.74) is 5.91. The molecule has 1 aliphatic carbocycles. The van der Waals surface area contributed by atoms with Crippen LogP contribution >= 0.6 is 0 Å². The van der Waals surface area contributed by atoms with Gasteiger partial charge in [0, 0.05) is 31.1 Å². The van der Waals surface area contributed by atoms with Crippen molar-refractivity contribution in [2.45, 2.75) is 32.7 Å². The average Bonchev–Trinajstić information content (AvgIpc) is 3.19. The summed E-state index contributed by atoms with van der Waals surface area (Å²) >= 11 is 0. The number of benzene rings is 2. The Labute approximate surface area is 193 Å². The van der Waals surface area contributed by atoms with E-state index in [4.69, 9.17) is 9.15 Å². The minimum Gasteiger partial charge on any atom is -0.484 e. The van der Waals surface area contributed by atoms with Crippen LogP contribution in [0.3, 0.4) is 0 Å². The number of fused-ring (bicyclic) bond motifs is 1. The van der Waals surface area contributed by atoms with Crippen molar-refractivity contribution in [2.75, 3.05) is 13.7 Å². The maximum absolute atomic E-state index is 13.1. The fraction of sp³-hybridized carbons (Fsp3) is 0.269. The minimum atomic E-state index is -0.349. The SMILES string of the molecule is Cc1c(C(=O)N(C)Cc2ccccc2)oc2c1/C(=N/NC(=O)COc1ccccc1)CCC2. The first-order valence-electron chi connectivity index (χ1n) is 11.0. The number of aryl methyl sites for hydroxylation is 1. The largest absolute Gasteiger partial charge is 0.484 e. The molecule has 2 amide bonds. The number of carbonyl (C=O) groups excluding carboxylic acids is 2. The molecule has 4 rings (SSSR count). The second-order valence-corrected chi connectivity index (χ2v) is 8.05. The van der Waals surface area contributed by atoms with Gasteiger partial charge in [-0.1, -0.05) is 48.5 Å². The van der Waals surface area contributed by atoms with Crippen molar-refractivity contribution < 1.29 is 18.7 Å². The average molecular weight is 446 g/mol. The first kappa shape index (κ1) is 22.3. The van der Waals surface area contributed by atoms with E-state index in [9.17, 15) is 9.59 Å². The van der Waals surface area contributed by atoms with Crippen molar-refractivity contribution in [1.29, 1.82) is 0 Å². The minimum absolute atomic E-state index is 0.133. The summed E-state index contributed by atoms with van der Waals surface area (Å²) in [4.78, 5) is 26.9. The van der Waals surface area contributed by atoms with Gasteiger partial charge in [-0.05, 0) is 37.5 Å². The molecule has 3 aromatic rings. The van der Waals surface area contributed by atoms with Gasteiger partial charge in [-0.2, -0.15) is 5.10 Å². The summed E-state index contributed by atoms with van der Waals surface area (Å²) in [5.74, 6) is 1.16. The molecule has 0 spiro atoms. The Balaban J connectivity index is 1.45. The quantitative estimate of drug-likeness (QED) is 0.555. The van der Waals surface area contributed by atoms with Gasteiger partial charge in [0.15, 0.2) is 12.4 Å². The summed E-state index contributed by atoms with van der Waals surface area (Å²) in [6.07, 6.45) is 2.26.